The highest BCUT2D eigenvalue weighted by Crippen LogP contribution is 2.21. The van der Waals surface area contributed by atoms with Crippen molar-refractivity contribution in [2.75, 3.05) is 33.0 Å². The van der Waals surface area contributed by atoms with Crippen molar-refractivity contribution in [3.63, 3.8) is 0 Å². The van der Waals surface area contributed by atoms with Gasteiger partial charge in [-0.05, 0) is 0 Å². The van der Waals surface area contributed by atoms with E-state index in [9.17, 15) is 15.3 Å². The molecule has 0 bridgehead atoms. The number of aliphatic hydroxyl groups is 4. The Labute approximate surface area is 105 Å². The lowest BCUT2D eigenvalue weighted by Gasteiger charge is -2.39. The van der Waals surface area contributed by atoms with Gasteiger partial charge in [-0.1, -0.05) is 0 Å². The smallest absolute Gasteiger partial charge is 0.186 e. The Morgan fingerprint density at radius 1 is 1.00 bits per heavy atom. The van der Waals surface area contributed by atoms with Crippen LogP contribution in [0.3, 0.4) is 0 Å². The summed E-state index contributed by atoms with van der Waals surface area (Å²) in [7, 11) is 0. The Kier molecular flexibility index (Phi) is 6.97. The topological polar surface area (TPSA) is 135 Å². The summed E-state index contributed by atoms with van der Waals surface area (Å²) in [6.45, 7) is 0.738. The van der Waals surface area contributed by atoms with E-state index in [1.165, 1.54) is 0 Å². The minimum Gasteiger partial charge on any atom is -0.394 e. The molecule has 0 radical (unpaired) electrons. The maximum Gasteiger partial charge on any atom is 0.186 e. The Balaban J connectivity index is 2.35. The molecule has 0 aromatic rings. The molecule has 0 aromatic heterocycles. The quantitative estimate of drug-likeness (QED) is 0.304. The summed E-state index contributed by atoms with van der Waals surface area (Å²) in [6, 6.07) is 0. The molecule has 8 nitrogen and oxygen atoms in total. The second-order valence-corrected chi connectivity index (χ2v) is 3.97. The van der Waals surface area contributed by atoms with Crippen LogP contribution in [0.1, 0.15) is 0 Å². The minimum atomic E-state index is -1.43. The molecule has 0 amide bonds. The average molecular weight is 267 g/mol. The number of hydrogen-bond acceptors (Lipinski definition) is 8. The fourth-order valence-corrected chi connectivity index (χ4v) is 1.61. The Bertz CT molecular complexity index is 228. The zero-order valence-corrected chi connectivity index (χ0v) is 10.0. The second-order valence-electron chi connectivity index (χ2n) is 3.97. The number of aliphatic hydroxyl groups excluding tert-OH is 4. The van der Waals surface area contributed by atoms with E-state index in [0.717, 1.165) is 0 Å². The third kappa shape index (κ3) is 4.11. The standard InChI is InChI=1S/C10H21NO7/c11-1-2-16-3-4-17-10-9(15)8(14)7(13)6(5-12)18-10/h6-10,12-15H,1-5,11H2/t6?,7-,8-,9?,10+/m0/s1. The van der Waals surface area contributed by atoms with E-state index in [0.29, 0.717) is 13.2 Å². The van der Waals surface area contributed by atoms with Crippen LogP contribution in [0.5, 0.6) is 0 Å². The van der Waals surface area contributed by atoms with Crippen LogP contribution in [0.15, 0.2) is 0 Å². The molecule has 0 aliphatic carbocycles. The molecule has 1 aliphatic heterocycles. The minimum absolute atomic E-state index is 0.142. The number of ether oxygens (including phenoxy) is 3. The normalized spacial score (nSPS) is 36.8. The highest BCUT2D eigenvalue weighted by molar-refractivity contribution is 4.88. The van der Waals surface area contributed by atoms with E-state index < -0.39 is 37.3 Å². The summed E-state index contributed by atoms with van der Waals surface area (Å²) >= 11 is 0. The van der Waals surface area contributed by atoms with Crippen molar-refractivity contribution in [1.29, 1.82) is 0 Å². The fourth-order valence-electron chi connectivity index (χ4n) is 1.61. The van der Waals surface area contributed by atoms with Gasteiger partial charge in [0.2, 0.25) is 0 Å². The zero-order valence-electron chi connectivity index (χ0n) is 10.0. The number of nitrogens with two attached hydrogens (primary N) is 1. The Hall–Kier alpha value is -0.320. The highest BCUT2D eigenvalue weighted by atomic mass is 16.7. The van der Waals surface area contributed by atoms with E-state index in [4.69, 9.17) is 25.1 Å². The van der Waals surface area contributed by atoms with Gasteiger partial charge in [-0.25, -0.2) is 0 Å². The summed E-state index contributed by atoms with van der Waals surface area (Å²) in [4.78, 5) is 0. The first kappa shape index (κ1) is 15.7. The van der Waals surface area contributed by atoms with Gasteiger partial charge < -0.3 is 40.4 Å². The Morgan fingerprint density at radius 2 is 1.72 bits per heavy atom. The van der Waals surface area contributed by atoms with Gasteiger partial charge in [0.1, 0.15) is 24.4 Å². The second kappa shape index (κ2) is 7.97. The summed E-state index contributed by atoms with van der Waals surface area (Å²) in [5, 5.41) is 37.6. The molecule has 8 heteroatoms. The van der Waals surface area contributed by atoms with Gasteiger partial charge in [0.05, 0.1) is 26.4 Å². The molecule has 1 fully saturated rings. The van der Waals surface area contributed by atoms with Crippen LogP contribution in [0, 0.1) is 0 Å². The largest absolute Gasteiger partial charge is 0.394 e. The summed E-state index contributed by atoms with van der Waals surface area (Å²) < 4.78 is 15.4. The van der Waals surface area contributed by atoms with Gasteiger partial charge in [-0.2, -0.15) is 0 Å². The molecule has 1 aliphatic rings. The summed E-state index contributed by atoms with van der Waals surface area (Å²) in [5.41, 5.74) is 5.23. The van der Waals surface area contributed by atoms with Crippen LogP contribution in [-0.4, -0.2) is 84.1 Å². The highest BCUT2D eigenvalue weighted by Gasteiger charge is 2.43. The molecule has 108 valence electrons. The van der Waals surface area contributed by atoms with Gasteiger partial charge in [0.25, 0.3) is 0 Å². The van der Waals surface area contributed by atoms with E-state index in [1.54, 1.807) is 0 Å². The van der Waals surface area contributed by atoms with Crippen LogP contribution in [0.2, 0.25) is 0 Å². The van der Waals surface area contributed by atoms with E-state index >= 15 is 0 Å². The van der Waals surface area contributed by atoms with Crippen molar-refractivity contribution >= 4 is 0 Å². The van der Waals surface area contributed by atoms with E-state index in [-0.39, 0.29) is 13.2 Å². The first-order valence-corrected chi connectivity index (χ1v) is 5.81. The fraction of sp³-hybridized carbons (Fsp3) is 1.00. The van der Waals surface area contributed by atoms with Crippen LogP contribution in [0.4, 0.5) is 0 Å². The lowest BCUT2D eigenvalue weighted by molar-refractivity contribution is -0.302. The molecule has 0 saturated carbocycles. The van der Waals surface area contributed by atoms with Crippen LogP contribution < -0.4 is 5.73 Å². The molecule has 1 heterocycles. The zero-order chi connectivity index (χ0) is 13.5. The van der Waals surface area contributed by atoms with Gasteiger partial charge in [-0.3, -0.25) is 0 Å². The third-order valence-corrected chi connectivity index (χ3v) is 2.62. The van der Waals surface area contributed by atoms with Crippen molar-refractivity contribution < 1.29 is 34.6 Å². The van der Waals surface area contributed by atoms with Gasteiger partial charge in [0, 0.05) is 6.54 Å². The molecular formula is C10H21NO7. The van der Waals surface area contributed by atoms with E-state index in [2.05, 4.69) is 0 Å². The first-order valence-electron chi connectivity index (χ1n) is 5.81. The predicted molar refractivity (Wildman–Crippen MR) is 59.6 cm³/mol. The van der Waals surface area contributed by atoms with Crippen molar-refractivity contribution in [3.8, 4) is 0 Å². The molecule has 0 spiro atoms. The predicted octanol–water partition coefficient (Wildman–Crippen LogP) is -3.22. The van der Waals surface area contributed by atoms with Crippen LogP contribution >= 0.6 is 0 Å². The van der Waals surface area contributed by atoms with Crippen molar-refractivity contribution in [1.82, 2.24) is 0 Å². The summed E-state index contributed by atoms with van der Waals surface area (Å²) in [5.74, 6) is 0. The molecule has 6 N–H and O–H groups in total. The maximum absolute atomic E-state index is 9.62. The molecule has 5 atom stereocenters. The van der Waals surface area contributed by atoms with Crippen LogP contribution in [0.25, 0.3) is 0 Å². The van der Waals surface area contributed by atoms with Crippen molar-refractivity contribution in [3.05, 3.63) is 0 Å². The first-order chi connectivity index (χ1) is 8.61. The van der Waals surface area contributed by atoms with Crippen LogP contribution in [-0.2, 0) is 14.2 Å². The number of hydrogen-bond donors (Lipinski definition) is 5. The average Bonchev–Trinajstić information content (AvgIpc) is 2.38. The molecule has 2 unspecified atom stereocenters. The molecular weight excluding hydrogens is 246 g/mol. The number of rotatable bonds is 7. The monoisotopic (exact) mass is 267 g/mol. The SMILES string of the molecule is NCCOCCO[C@@H]1OC(CO)[C@H](O)[C@H](O)C1O. The Morgan fingerprint density at radius 3 is 2.33 bits per heavy atom. The molecule has 0 aromatic carbocycles. The lowest BCUT2D eigenvalue weighted by Crippen LogP contribution is -2.59. The molecule has 1 saturated heterocycles. The van der Waals surface area contributed by atoms with Crippen molar-refractivity contribution in [2.45, 2.75) is 30.7 Å². The van der Waals surface area contributed by atoms with Gasteiger partial charge in [0.15, 0.2) is 6.29 Å². The van der Waals surface area contributed by atoms with Gasteiger partial charge >= 0.3 is 0 Å². The third-order valence-electron chi connectivity index (χ3n) is 2.62. The maximum atomic E-state index is 9.62. The summed E-state index contributed by atoms with van der Waals surface area (Å²) in [6.07, 6.45) is -6.25. The lowest BCUT2D eigenvalue weighted by atomic mass is 9.99. The van der Waals surface area contributed by atoms with E-state index in [1.807, 2.05) is 0 Å². The van der Waals surface area contributed by atoms with Gasteiger partial charge in [-0.15, -0.1) is 0 Å². The van der Waals surface area contributed by atoms with Crippen molar-refractivity contribution in [2.24, 2.45) is 5.73 Å². The molecule has 1 rings (SSSR count). The molecule has 18 heavy (non-hydrogen) atoms.